The van der Waals surface area contributed by atoms with Crippen molar-refractivity contribution < 1.29 is 12.8 Å². The summed E-state index contributed by atoms with van der Waals surface area (Å²) < 4.78 is 37.5. The summed E-state index contributed by atoms with van der Waals surface area (Å²) in [5, 5.41) is 8.55. The Bertz CT molecular complexity index is 797. The molecule has 2 aromatic rings. The van der Waals surface area contributed by atoms with Crippen LogP contribution in [0.5, 0.6) is 0 Å². The standard InChI is InChI=1S/C14H9ClFNO2S/c15-13-7-12(4-5-14(13)16)20(18,19)9-11-3-1-2-10(6-11)8-17/h1-7H,9H2. The van der Waals surface area contributed by atoms with E-state index < -0.39 is 15.7 Å². The molecule has 0 saturated carbocycles. The normalized spacial score (nSPS) is 11.1. The van der Waals surface area contributed by atoms with Gasteiger partial charge in [-0.25, -0.2) is 12.8 Å². The van der Waals surface area contributed by atoms with Crippen LogP contribution >= 0.6 is 11.6 Å². The molecule has 0 radical (unpaired) electrons. The highest BCUT2D eigenvalue weighted by Crippen LogP contribution is 2.22. The molecule has 0 atom stereocenters. The van der Waals surface area contributed by atoms with Gasteiger partial charge in [0.15, 0.2) is 9.84 Å². The molecule has 0 N–H and O–H groups in total. The maximum absolute atomic E-state index is 13.0. The van der Waals surface area contributed by atoms with Crippen LogP contribution in [0.3, 0.4) is 0 Å². The predicted octanol–water partition coefficient (Wildman–Crippen LogP) is 3.32. The first kappa shape index (κ1) is 14.5. The number of nitrogens with zero attached hydrogens (tertiary/aromatic N) is 1. The Labute approximate surface area is 121 Å². The monoisotopic (exact) mass is 309 g/mol. The molecule has 0 aliphatic heterocycles. The summed E-state index contributed by atoms with van der Waals surface area (Å²) in [5.41, 5.74) is 0.874. The summed E-state index contributed by atoms with van der Waals surface area (Å²) in [6, 6.07) is 11.5. The largest absolute Gasteiger partial charge is 0.223 e. The number of hydrogen-bond acceptors (Lipinski definition) is 3. The maximum atomic E-state index is 13.0. The second kappa shape index (κ2) is 5.61. The lowest BCUT2D eigenvalue weighted by molar-refractivity contribution is 0.594. The number of rotatable bonds is 3. The van der Waals surface area contributed by atoms with Crippen LogP contribution in [0.15, 0.2) is 47.4 Å². The van der Waals surface area contributed by atoms with Crippen molar-refractivity contribution in [2.24, 2.45) is 0 Å². The fourth-order valence-corrected chi connectivity index (χ4v) is 3.31. The van der Waals surface area contributed by atoms with Crippen LogP contribution in [0.4, 0.5) is 4.39 Å². The van der Waals surface area contributed by atoms with Gasteiger partial charge in [0.25, 0.3) is 0 Å². The highest BCUT2D eigenvalue weighted by molar-refractivity contribution is 7.90. The smallest absolute Gasteiger partial charge is 0.182 e. The van der Waals surface area contributed by atoms with Gasteiger partial charge in [-0.3, -0.25) is 0 Å². The van der Waals surface area contributed by atoms with Crippen molar-refractivity contribution in [1.29, 1.82) is 5.26 Å². The minimum absolute atomic E-state index is 0.0498. The van der Waals surface area contributed by atoms with E-state index in [0.717, 1.165) is 12.1 Å². The zero-order valence-corrected chi connectivity index (χ0v) is 11.7. The summed E-state index contributed by atoms with van der Waals surface area (Å²) in [7, 11) is -3.64. The van der Waals surface area contributed by atoms with Gasteiger partial charge in [-0.05, 0) is 35.9 Å². The van der Waals surface area contributed by atoms with E-state index in [-0.39, 0.29) is 15.7 Å². The van der Waals surface area contributed by atoms with Crippen molar-refractivity contribution in [2.75, 3.05) is 0 Å². The van der Waals surface area contributed by atoms with Gasteiger partial charge >= 0.3 is 0 Å². The first-order chi connectivity index (χ1) is 9.42. The molecule has 0 saturated heterocycles. The summed E-state index contributed by atoms with van der Waals surface area (Å²) >= 11 is 5.59. The lowest BCUT2D eigenvalue weighted by Crippen LogP contribution is -2.05. The number of benzene rings is 2. The molecule has 0 unspecified atom stereocenters. The van der Waals surface area contributed by atoms with Gasteiger partial charge in [0.1, 0.15) is 5.82 Å². The topological polar surface area (TPSA) is 57.9 Å². The summed E-state index contributed by atoms with van der Waals surface area (Å²) in [6.45, 7) is 0. The van der Waals surface area contributed by atoms with Gasteiger partial charge in [-0.1, -0.05) is 23.7 Å². The van der Waals surface area contributed by atoms with Crippen LogP contribution in [0, 0.1) is 17.1 Å². The van der Waals surface area contributed by atoms with E-state index in [1.165, 1.54) is 12.1 Å². The molecule has 0 bridgehead atoms. The van der Waals surface area contributed by atoms with E-state index in [1.54, 1.807) is 18.2 Å². The van der Waals surface area contributed by atoms with E-state index in [2.05, 4.69) is 0 Å². The molecule has 2 rings (SSSR count). The molecular formula is C14H9ClFNO2S. The SMILES string of the molecule is N#Cc1cccc(CS(=O)(=O)c2ccc(F)c(Cl)c2)c1. The minimum atomic E-state index is -3.64. The molecule has 0 spiro atoms. The van der Waals surface area contributed by atoms with Gasteiger partial charge in [-0.15, -0.1) is 0 Å². The van der Waals surface area contributed by atoms with E-state index in [1.807, 2.05) is 6.07 Å². The number of hydrogen-bond donors (Lipinski definition) is 0. The quantitative estimate of drug-likeness (QED) is 0.817. The molecule has 2 aromatic carbocycles. The van der Waals surface area contributed by atoms with Crippen molar-refractivity contribution in [3.05, 3.63) is 64.4 Å². The summed E-state index contributed by atoms with van der Waals surface area (Å²) in [4.78, 5) is -0.0498. The van der Waals surface area contributed by atoms with Crippen LogP contribution in [0.2, 0.25) is 5.02 Å². The van der Waals surface area contributed by atoms with Crippen LogP contribution in [0.25, 0.3) is 0 Å². The molecule has 3 nitrogen and oxygen atoms in total. The predicted molar refractivity (Wildman–Crippen MR) is 73.5 cm³/mol. The lowest BCUT2D eigenvalue weighted by Gasteiger charge is -2.06. The van der Waals surface area contributed by atoms with Gasteiger partial charge in [0.05, 0.1) is 27.3 Å². The summed E-state index contributed by atoms with van der Waals surface area (Å²) in [5.74, 6) is -0.943. The van der Waals surface area contributed by atoms with Crippen LogP contribution in [0.1, 0.15) is 11.1 Å². The van der Waals surface area contributed by atoms with Crippen LogP contribution in [-0.4, -0.2) is 8.42 Å². The molecule has 20 heavy (non-hydrogen) atoms. The molecule has 6 heteroatoms. The van der Waals surface area contributed by atoms with E-state index >= 15 is 0 Å². The molecule has 0 amide bonds. The first-order valence-corrected chi connectivity index (χ1v) is 7.62. The third-order valence-electron chi connectivity index (χ3n) is 2.66. The third-order valence-corrected chi connectivity index (χ3v) is 4.64. The number of sulfone groups is 1. The Hall–Kier alpha value is -1.90. The Kier molecular flexibility index (Phi) is 4.07. The first-order valence-electron chi connectivity index (χ1n) is 5.59. The maximum Gasteiger partial charge on any atom is 0.182 e. The van der Waals surface area contributed by atoms with E-state index in [9.17, 15) is 12.8 Å². The second-order valence-corrected chi connectivity index (χ2v) is 6.54. The lowest BCUT2D eigenvalue weighted by atomic mass is 10.2. The molecule has 0 aliphatic carbocycles. The van der Waals surface area contributed by atoms with Crippen molar-refractivity contribution in [2.45, 2.75) is 10.6 Å². The average Bonchev–Trinajstić information content (AvgIpc) is 2.41. The van der Waals surface area contributed by atoms with Crippen LogP contribution < -0.4 is 0 Å². The van der Waals surface area contributed by atoms with Gasteiger partial charge in [0, 0.05) is 0 Å². The molecule has 0 aliphatic rings. The third kappa shape index (κ3) is 3.16. The number of nitriles is 1. The Morgan fingerprint density at radius 1 is 1.20 bits per heavy atom. The zero-order chi connectivity index (χ0) is 14.8. The van der Waals surface area contributed by atoms with Gasteiger partial charge < -0.3 is 0 Å². The fraction of sp³-hybridized carbons (Fsp3) is 0.0714. The second-order valence-electron chi connectivity index (χ2n) is 4.15. The van der Waals surface area contributed by atoms with Crippen molar-refractivity contribution in [1.82, 2.24) is 0 Å². The van der Waals surface area contributed by atoms with Crippen LogP contribution in [-0.2, 0) is 15.6 Å². The minimum Gasteiger partial charge on any atom is -0.223 e. The highest BCUT2D eigenvalue weighted by atomic mass is 35.5. The Morgan fingerprint density at radius 2 is 1.95 bits per heavy atom. The van der Waals surface area contributed by atoms with E-state index in [4.69, 9.17) is 16.9 Å². The molecule has 0 heterocycles. The average molecular weight is 310 g/mol. The van der Waals surface area contributed by atoms with Crippen molar-refractivity contribution >= 4 is 21.4 Å². The summed E-state index contributed by atoms with van der Waals surface area (Å²) in [6.07, 6.45) is 0. The zero-order valence-electron chi connectivity index (χ0n) is 10.2. The molecule has 102 valence electrons. The molecule has 0 fully saturated rings. The highest BCUT2D eigenvalue weighted by Gasteiger charge is 2.17. The fourth-order valence-electron chi connectivity index (χ4n) is 1.70. The Balaban J connectivity index is 2.35. The Morgan fingerprint density at radius 3 is 2.60 bits per heavy atom. The van der Waals surface area contributed by atoms with Crippen molar-refractivity contribution in [3.8, 4) is 6.07 Å². The number of halogens is 2. The van der Waals surface area contributed by atoms with E-state index in [0.29, 0.717) is 11.1 Å². The molecular weight excluding hydrogens is 301 g/mol. The molecule has 0 aromatic heterocycles. The van der Waals surface area contributed by atoms with Gasteiger partial charge in [-0.2, -0.15) is 5.26 Å². The van der Waals surface area contributed by atoms with Gasteiger partial charge in [0.2, 0.25) is 0 Å². The van der Waals surface area contributed by atoms with Crippen molar-refractivity contribution in [3.63, 3.8) is 0 Å².